The second-order valence-electron chi connectivity index (χ2n) is 4.30. The lowest BCUT2D eigenvalue weighted by Crippen LogP contribution is -2.16. The van der Waals surface area contributed by atoms with Gasteiger partial charge in [-0.3, -0.25) is 19.3 Å². The van der Waals surface area contributed by atoms with Crippen LogP contribution < -0.4 is 5.56 Å². The molecule has 1 aromatic heterocycles. The molecule has 0 radical (unpaired) electrons. The van der Waals surface area contributed by atoms with E-state index in [4.69, 9.17) is 12.2 Å². The molecule has 1 aliphatic carbocycles. The molecular weight excluding hydrogens is 250 g/mol. The van der Waals surface area contributed by atoms with E-state index >= 15 is 0 Å². The third kappa shape index (κ3) is 1.84. The fraction of sp³-hybridized carbons (Fsp3) is 0.250. The van der Waals surface area contributed by atoms with Crippen molar-refractivity contribution in [1.82, 2.24) is 9.55 Å². The maximum Gasteiger partial charge on any atom is 0.262 e. The summed E-state index contributed by atoms with van der Waals surface area (Å²) < 4.78 is 1.87. The van der Waals surface area contributed by atoms with Crippen LogP contribution in [0.5, 0.6) is 5.88 Å². The Morgan fingerprint density at radius 1 is 1.56 bits per heavy atom. The molecule has 0 atom stereocenters. The molecular formula is C12H11N3O2S. The first-order valence-corrected chi connectivity index (χ1v) is 6.08. The van der Waals surface area contributed by atoms with Crippen LogP contribution in [0.25, 0.3) is 6.08 Å². The normalized spacial score (nSPS) is 19.9. The largest absolute Gasteiger partial charge is 0.494 e. The second kappa shape index (κ2) is 4.06. The quantitative estimate of drug-likeness (QED) is 0.799. The standard InChI is InChI=1S/C12H11N3O2S/c16-10-9(6-7-2-1-5-13-7)11(17)15(8-3-4-8)12(18)14-10/h1-2,5-6,8,17H,3-4H2,(H,14,16,18)/b7-6-. The molecule has 1 aliphatic heterocycles. The highest BCUT2D eigenvalue weighted by Crippen LogP contribution is 2.38. The fourth-order valence-electron chi connectivity index (χ4n) is 1.90. The Kier molecular flexibility index (Phi) is 2.52. The van der Waals surface area contributed by atoms with Gasteiger partial charge in [-0.25, -0.2) is 0 Å². The van der Waals surface area contributed by atoms with Gasteiger partial charge < -0.3 is 5.11 Å². The Bertz CT molecular complexity index is 691. The summed E-state index contributed by atoms with van der Waals surface area (Å²) in [6, 6.07) is 0.203. The number of aromatic hydroxyl groups is 1. The van der Waals surface area contributed by atoms with E-state index in [2.05, 4.69) is 9.98 Å². The van der Waals surface area contributed by atoms with Crippen molar-refractivity contribution in [3.05, 3.63) is 38.5 Å². The van der Waals surface area contributed by atoms with Gasteiger partial charge in [0, 0.05) is 12.3 Å². The first kappa shape index (κ1) is 11.2. The summed E-state index contributed by atoms with van der Waals surface area (Å²) in [5.41, 5.74) is 0.446. The van der Waals surface area contributed by atoms with Gasteiger partial charge in [0.15, 0.2) is 4.77 Å². The summed E-state index contributed by atoms with van der Waals surface area (Å²) in [7, 11) is 0. The Balaban J connectivity index is 2.20. The van der Waals surface area contributed by atoms with Crippen LogP contribution in [-0.2, 0) is 0 Å². The van der Waals surface area contributed by atoms with Gasteiger partial charge in [0.25, 0.3) is 5.56 Å². The predicted octanol–water partition coefficient (Wildman–Crippen LogP) is 1.93. The van der Waals surface area contributed by atoms with E-state index < -0.39 is 5.56 Å². The maximum absolute atomic E-state index is 11.8. The Morgan fingerprint density at radius 3 is 2.94 bits per heavy atom. The van der Waals surface area contributed by atoms with Gasteiger partial charge in [-0.05, 0) is 43.3 Å². The van der Waals surface area contributed by atoms with Crippen molar-refractivity contribution in [2.45, 2.75) is 18.9 Å². The molecule has 3 rings (SSSR count). The van der Waals surface area contributed by atoms with Crippen molar-refractivity contribution < 1.29 is 5.11 Å². The number of rotatable bonds is 2. The number of nitrogens with one attached hydrogen (secondary N) is 1. The summed E-state index contributed by atoms with van der Waals surface area (Å²) in [6.07, 6.45) is 8.68. The first-order chi connectivity index (χ1) is 8.66. The number of aromatic amines is 1. The molecule has 0 aromatic carbocycles. The number of H-pyrrole nitrogens is 1. The Hall–Kier alpha value is -1.95. The number of allylic oxidation sites excluding steroid dienone is 2. The van der Waals surface area contributed by atoms with Crippen molar-refractivity contribution in [2.75, 3.05) is 0 Å². The molecule has 0 spiro atoms. The summed E-state index contributed by atoms with van der Waals surface area (Å²) in [6.45, 7) is 0. The van der Waals surface area contributed by atoms with E-state index in [0.29, 0.717) is 5.70 Å². The Morgan fingerprint density at radius 2 is 2.33 bits per heavy atom. The Labute approximate surface area is 108 Å². The van der Waals surface area contributed by atoms with E-state index in [1.165, 1.54) is 0 Å². The molecule has 0 amide bonds. The molecule has 1 aromatic rings. The molecule has 5 nitrogen and oxygen atoms in total. The summed E-state index contributed by atoms with van der Waals surface area (Å²) in [5, 5.41) is 10.2. The van der Waals surface area contributed by atoms with Gasteiger partial charge >= 0.3 is 0 Å². The van der Waals surface area contributed by atoms with Gasteiger partial charge in [0.05, 0.1) is 5.70 Å². The lowest BCUT2D eigenvalue weighted by atomic mass is 10.2. The molecule has 6 heteroatoms. The molecule has 18 heavy (non-hydrogen) atoms. The van der Waals surface area contributed by atoms with Crippen LogP contribution in [0.4, 0.5) is 0 Å². The van der Waals surface area contributed by atoms with Crippen molar-refractivity contribution in [1.29, 1.82) is 0 Å². The second-order valence-corrected chi connectivity index (χ2v) is 4.69. The minimum Gasteiger partial charge on any atom is -0.494 e. The van der Waals surface area contributed by atoms with E-state index in [9.17, 15) is 9.90 Å². The van der Waals surface area contributed by atoms with Gasteiger partial charge in [-0.15, -0.1) is 0 Å². The van der Waals surface area contributed by atoms with Gasteiger partial charge in [0.1, 0.15) is 5.56 Å². The number of hydrogen-bond acceptors (Lipinski definition) is 4. The van der Waals surface area contributed by atoms with Crippen LogP contribution in [-0.4, -0.2) is 20.9 Å². The minimum absolute atomic E-state index is 0.0748. The SMILES string of the molecule is O=c1[nH]c(=S)n(C2CC2)c(O)c1/C=C1/C=CC=N1. The smallest absolute Gasteiger partial charge is 0.262 e. The van der Waals surface area contributed by atoms with E-state index in [-0.39, 0.29) is 22.3 Å². The van der Waals surface area contributed by atoms with Crippen LogP contribution >= 0.6 is 12.2 Å². The van der Waals surface area contributed by atoms with Crippen LogP contribution in [0.3, 0.4) is 0 Å². The molecule has 92 valence electrons. The average Bonchev–Trinajstić information content (AvgIpc) is 3.01. The van der Waals surface area contributed by atoms with E-state index in [0.717, 1.165) is 12.8 Å². The van der Waals surface area contributed by atoms with Crippen molar-refractivity contribution >= 4 is 24.5 Å². The molecule has 0 unspecified atom stereocenters. The maximum atomic E-state index is 11.8. The highest BCUT2D eigenvalue weighted by Gasteiger charge is 2.27. The topological polar surface area (TPSA) is 70.4 Å². The van der Waals surface area contributed by atoms with Crippen molar-refractivity contribution in [3.8, 4) is 5.88 Å². The summed E-state index contributed by atoms with van der Waals surface area (Å²) in [4.78, 5) is 18.5. The van der Waals surface area contributed by atoms with Crippen LogP contribution in [0.15, 0.2) is 27.6 Å². The van der Waals surface area contributed by atoms with Crippen molar-refractivity contribution in [3.63, 3.8) is 0 Å². The zero-order valence-corrected chi connectivity index (χ0v) is 10.3. The molecule has 1 fully saturated rings. The van der Waals surface area contributed by atoms with Crippen molar-refractivity contribution in [2.24, 2.45) is 4.99 Å². The first-order valence-electron chi connectivity index (χ1n) is 5.67. The molecule has 0 saturated heterocycles. The van der Waals surface area contributed by atoms with Crippen LogP contribution in [0.1, 0.15) is 24.4 Å². The zero-order valence-electron chi connectivity index (χ0n) is 9.46. The average molecular weight is 261 g/mol. The molecule has 2 N–H and O–H groups in total. The van der Waals surface area contributed by atoms with Gasteiger partial charge in [-0.2, -0.15) is 0 Å². The van der Waals surface area contributed by atoms with E-state index in [1.54, 1.807) is 29.0 Å². The van der Waals surface area contributed by atoms with E-state index in [1.807, 2.05) is 0 Å². The zero-order chi connectivity index (χ0) is 12.7. The molecule has 2 heterocycles. The van der Waals surface area contributed by atoms with Crippen LogP contribution in [0.2, 0.25) is 0 Å². The minimum atomic E-state index is -0.391. The molecule has 2 aliphatic rings. The van der Waals surface area contributed by atoms with Gasteiger partial charge in [0.2, 0.25) is 5.88 Å². The third-order valence-electron chi connectivity index (χ3n) is 2.93. The molecule has 1 saturated carbocycles. The summed E-state index contributed by atoms with van der Waals surface area (Å²) in [5.74, 6) is -0.0748. The highest BCUT2D eigenvalue weighted by molar-refractivity contribution is 7.71. The lowest BCUT2D eigenvalue weighted by molar-refractivity contribution is 0.404. The number of hydrogen-bond donors (Lipinski definition) is 2. The number of aliphatic imine (C=N–C) groups is 1. The predicted molar refractivity (Wildman–Crippen MR) is 71.4 cm³/mol. The summed E-state index contributed by atoms with van der Waals surface area (Å²) >= 11 is 5.07. The third-order valence-corrected chi connectivity index (χ3v) is 3.23. The lowest BCUT2D eigenvalue weighted by Gasteiger charge is -2.09. The van der Waals surface area contributed by atoms with Crippen LogP contribution in [0, 0.1) is 4.77 Å². The fourth-order valence-corrected chi connectivity index (χ4v) is 2.23. The monoisotopic (exact) mass is 261 g/mol. The number of aromatic nitrogens is 2. The highest BCUT2D eigenvalue weighted by atomic mass is 32.1. The number of nitrogens with zero attached hydrogens (tertiary/aromatic N) is 2. The molecule has 0 bridgehead atoms. The van der Waals surface area contributed by atoms with Gasteiger partial charge in [-0.1, -0.05) is 0 Å².